The number of esters is 1. The molecule has 0 spiro atoms. The van der Waals surface area contributed by atoms with Crippen LogP contribution in [-0.2, 0) is 4.79 Å². The minimum atomic E-state index is -0.229. The molecule has 0 bridgehead atoms. The molecular formula is C10H10N2O2. The number of carbonyl (C=O) groups excluding carboxylic acids is 1. The minimum absolute atomic E-state index is 0.229. The van der Waals surface area contributed by atoms with Gasteiger partial charge in [0.1, 0.15) is 5.75 Å². The first kappa shape index (κ1) is 8.74. The topological polar surface area (TPSA) is 55.0 Å². The number of aromatic amines is 1. The number of hydrogen-bond acceptors (Lipinski definition) is 3. The van der Waals surface area contributed by atoms with Crippen molar-refractivity contribution in [3.8, 4) is 5.75 Å². The number of ether oxygens (including phenoxy) is 1. The van der Waals surface area contributed by atoms with Gasteiger partial charge < -0.3 is 4.74 Å². The predicted molar refractivity (Wildman–Crippen MR) is 52.0 cm³/mol. The van der Waals surface area contributed by atoms with Gasteiger partial charge in [0.05, 0.1) is 11.7 Å². The Labute approximate surface area is 80.9 Å². The van der Waals surface area contributed by atoms with E-state index in [-0.39, 0.29) is 5.97 Å². The molecule has 0 aliphatic heterocycles. The van der Waals surface area contributed by atoms with Crippen molar-refractivity contribution in [2.45, 2.75) is 13.3 Å². The van der Waals surface area contributed by atoms with Crippen LogP contribution >= 0.6 is 0 Å². The van der Waals surface area contributed by atoms with E-state index in [2.05, 4.69) is 10.2 Å². The maximum absolute atomic E-state index is 11.0. The lowest BCUT2D eigenvalue weighted by Gasteiger charge is -2.01. The van der Waals surface area contributed by atoms with Crippen LogP contribution < -0.4 is 4.74 Å². The zero-order chi connectivity index (χ0) is 9.97. The summed E-state index contributed by atoms with van der Waals surface area (Å²) in [5.74, 6) is 0.332. The van der Waals surface area contributed by atoms with Gasteiger partial charge in [-0.25, -0.2) is 0 Å². The molecule has 0 atom stereocenters. The predicted octanol–water partition coefficient (Wildman–Crippen LogP) is 1.88. The summed E-state index contributed by atoms with van der Waals surface area (Å²) in [6.07, 6.45) is 2.07. The first-order chi connectivity index (χ1) is 6.79. The second-order valence-electron chi connectivity index (χ2n) is 2.95. The van der Waals surface area contributed by atoms with Crippen LogP contribution in [0.2, 0.25) is 0 Å². The number of nitrogens with zero attached hydrogens (tertiary/aromatic N) is 1. The van der Waals surface area contributed by atoms with E-state index in [0.717, 1.165) is 10.9 Å². The Morgan fingerprint density at radius 3 is 3.21 bits per heavy atom. The van der Waals surface area contributed by atoms with Crippen LogP contribution in [0.1, 0.15) is 13.3 Å². The van der Waals surface area contributed by atoms with Gasteiger partial charge in [-0.15, -0.1) is 0 Å². The van der Waals surface area contributed by atoms with Gasteiger partial charge in [-0.05, 0) is 18.2 Å². The highest BCUT2D eigenvalue weighted by molar-refractivity contribution is 5.81. The zero-order valence-electron chi connectivity index (χ0n) is 7.78. The maximum Gasteiger partial charge on any atom is 0.310 e. The van der Waals surface area contributed by atoms with E-state index in [0.29, 0.717) is 12.2 Å². The summed E-state index contributed by atoms with van der Waals surface area (Å²) < 4.78 is 5.06. The molecule has 4 nitrogen and oxygen atoms in total. The van der Waals surface area contributed by atoms with Crippen molar-refractivity contribution in [1.29, 1.82) is 0 Å². The molecule has 72 valence electrons. The van der Waals surface area contributed by atoms with Gasteiger partial charge in [0.2, 0.25) is 0 Å². The molecule has 1 aromatic carbocycles. The molecule has 0 saturated carbocycles. The molecule has 0 fully saturated rings. The molecule has 14 heavy (non-hydrogen) atoms. The molecule has 0 radical (unpaired) electrons. The monoisotopic (exact) mass is 190 g/mol. The Kier molecular flexibility index (Phi) is 2.18. The van der Waals surface area contributed by atoms with Gasteiger partial charge in [0, 0.05) is 11.8 Å². The molecule has 1 N–H and O–H groups in total. The molecule has 0 amide bonds. The fourth-order valence-corrected chi connectivity index (χ4v) is 1.19. The number of nitrogens with one attached hydrogen (secondary N) is 1. The SMILES string of the molecule is CCC(=O)Oc1ccc2[nH]ncc2c1. The Morgan fingerprint density at radius 2 is 2.43 bits per heavy atom. The number of H-pyrrole nitrogens is 1. The number of benzene rings is 1. The fourth-order valence-electron chi connectivity index (χ4n) is 1.19. The average Bonchev–Trinajstić information content (AvgIpc) is 2.64. The van der Waals surface area contributed by atoms with E-state index in [4.69, 9.17) is 4.74 Å². The zero-order valence-corrected chi connectivity index (χ0v) is 7.78. The first-order valence-electron chi connectivity index (χ1n) is 4.43. The van der Waals surface area contributed by atoms with Gasteiger partial charge in [-0.3, -0.25) is 9.89 Å². The van der Waals surface area contributed by atoms with Crippen molar-refractivity contribution < 1.29 is 9.53 Å². The summed E-state index contributed by atoms with van der Waals surface area (Å²) >= 11 is 0. The molecule has 1 aromatic heterocycles. The molecule has 2 rings (SSSR count). The van der Waals surface area contributed by atoms with Crippen LogP contribution in [0, 0.1) is 0 Å². The van der Waals surface area contributed by atoms with E-state index < -0.39 is 0 Å². The van der Waals surface area contributed by atoms with Gasteiger partial charge in [-0.2, -0.15) is 5.10 Å². The molecular weight excluding hydrogens is 180 g/mol. The van der Waals surface area contributed by atoms with E-state index in [1.807, 2.05) is 6.07 Å². The fraction of sp³-hybridized carbons (Fsp3) is 0.200. The van der Waals surface area contributed by atoms with Crippen LogP contribution in [0.25, 0.3) is 10.9 Å². The van der Waals surface area contributed by atoms with E-state index in [1.54, 1.807) is 25.3 Å². The van der Waals surface area contributed by atoms with Gasteiger partial charge in [0.15, 0.2) is 0 Å². The molecule has 1 heterocycles. The van der Waals surface area contributed by atoms with Gasteiger partial charge >= 0.3 is 5.97 Å². The summed E-state index contributed by atoms with van der Waals surface area (Å²) in [5.41, 5.74) is 0.932. The lowest BCUT2D eigenvalue weighted by Crippen LogP contribution is -2.05. The van der Waals surface area contributed by atoms with Crippen molar-refractivity contribution in [3.05, 3.63) is 24.4 Å². The van der Waals surface area contributed by atoms with Crippen molar-refractivity contribution in [2.75, 3.05) is 0 Å². The third-order valence-electron chi connectivity index (χ3n) is 1.93. The number of aromatic nitrogens is 2. The normalized spacial score (nSPS) is 10.4. The van der Waals surface area contributed by atoms with Crippen molar-refractivity contribution >= 4 is 16.9 Å². The summed E-state index contributed by atoms with van der Waals surface area (Å²) in [4.78, 5) is 11.0. The third kappa shape index (κ3) is 1.59. The number of hydrogen-bond donors (Lipinski definition) is 1. The highest BCUT2D eigenvalue weighted by atomic mass is 16.5. The van der Waals surface area contributed by atoms with Crippen molar-refractivity contribution in [2.24, 2.45) is 0 Å². The second kappa shape index (κ2) is 3.49. The van der Waals surface area contributed by atoms with Crippen LogP contribution in [-0.4, -0.2) is 16.2 Å². The molecule has 0 aliphatic rings. The standard InChI is InChI=1S/C10H10N2O2/c1-2-10(13)14-8-3-4-9-7(5-8)6-11-12-9/h3-6H,2H2,1H3,(H,11,12). The van der Waals surface area contributed by atoms with Gasteiger partial charge in [-0.1, -0.05) is 6.92 Å². The average molecular weight is 190 g/mol. The summed E-state index contributed by atoms with van der Waals surface area (Å²) in [6.45, 7) is 1.76. The lowest BCUT2D eigenvalue weighted by molar-refractivity contribution is -0.134. The quantitative estimate of drug-likeness (QED) is 0.581. The molecule has 0 saturated heterocycles. The molecule has 2 aromatic rings. The highest BCUT2D eigenvalue weighted by Gasteiger charge is 2.02. The Bertz CT molecular complexity index is 462. The molecule has 0 aliphatic carbocycles. The van der Waals surface area contributed by atoms with Crippen molar-refractivity contribution in [1.82, 2.24) is 10.2 Å². The maximum atomic E-state index is 11.0. The third-order valence-corrected chi connectivity index (χ3v) is 1.93. The highest BCUT2D eigenvalue weighted by Crippen LogP contribution is 2.18. The van der Waals surface area contributed by atoms with Crippen LogP contribution in [0.5, 0.6) is 5.75 Å². The van der Waals surface area contributed by atoms with Crippen LogP contribution in [0.3, 0.4) is 0 Å². The Hall–Kier alpha value is -1.84. The number of carbonyl (C=O) groups is 1. The van der Waals surface area contributed by atoms with Crippen LogP contribution in [0.15, 0.2) is 24.4 Å². The summed E-state index contributed by atoms with van der Waals surface area (Å²) in [5, 5.41) is 7.64. The van der Waals surface area contributed by atoms with Crippen LogP contribution in [0.4, 0.5) is 0 Å². The lowest BCUT2D eigenvalue weighted by atomic mass is 10.2. The second-order valence-corrected chi connectivity index (χ2v) is 2.95. The molecule has 0 unspecified atom stereocenters. The summed E-state index contributed by atoms with van der Waals surface area (Å²) in [6, 6.07) is 5.36. The van der Waals surface area contributed by atoms with Crippen molar-refractivity contribution in [3.63, 3.8) is 0 Å². The Balaban J connectivity index is 2.30. The van der Waals surface area contributed by atoms with E-state index in [9.17, 15) is 4.79 Å². The number of rotatable bonds is 2. The minimum Gasteiger partial charge on any atom is -0.427 e. The van der Waals surface area contributed by atoms with E-state index in [1.165, 1.54) is 0 Å². The number of fused-ring (bicyclic) bond motifs is 1. The molecule has 4 heteroatoms. The smallest absolute Gasteiger partial charge is 0.310 e. The Morgan fingerprint density at radius 1 is 1.57 bits per heavy atom. The largest absolute Gasteiger partial charge is 0.427 e. The van der Waals surface area contributed by atoms with E-state index >= 15 is 0 Å². The first-order valence-corrected chi connectivity index (χ1v) is 4.43. The summed E-state index contributed by atoms with van der Waals surface area (Å²) in [7, 11) is 0. The van der Waals surface area contributed by atoms with Gasteiger partial charge in [0.25, 0.3) is 0 Å².